The molecule has 0 fully saturated rings. The Kier molecular flexibility index (Phi) is 7.16. The van der Waals surface area contributed by atoms with Crippen molar-refractivity contribution < 1.29 is 9.84 Å². The standard InChI is InChI=1S/C18H25N5O2/c1-3-4-7-14(11-24)13(2)22-17-16(10-21-18(19)23-17)25-12-15-8-5-6-9-20-15/h5-6,8-10,14,24H,2-4,7,11-12H2,1H3,(H3,19,21,22,23)/t14-/m0/s1. The molecule has 0 radical (unpaired) electrons. The number of anilines is 2. The Balaban J connectivity index is 2.08. The van der Waals surface area contributed by atoms with Crippen molar-refractivity contribution in [2.75, 3.05) is 17.7 Å². The summed E-state index contributed by atoms with van der Waals surface area (Å²) >= 11 is 0. The zero-order chi connectivity index (χ0) is 18.1. The van der Waals surface area contributed by atoms with Crippen molar-refractivity contribution in [2.45, 2.75) is 32.8 Å². The molecule has 0 aliphatic rings. The maximum atomic E-state index is 9.58. The molecule has 2 aromatic rings. The fourth-order valence-corrected chi connectivity index (χ4v) is 2.30. The third-order valence-electron chi connectivity index (χ3n) is 3.77. The highest BCUT2D eigenvalue weighted by atomic mass is 16.5. The molecule has 7 heteroatoms. The predicted molar refractivity (Wildman–Crippen MR) is 97.9 cm³/mol. The van der Waals surface area contributed by atoms with Crippen LogP contribution in [0.3, 0.4) is 0 Å². The number of hydrogen-bond acceptors (Lipinski definition) is 7. The van der Waals surface area contributed by atoms with E-state index in [2.05, 4.69) is 33.8 Å². The highest BCUT2D eigenvalue weighted by Gasteiger charge is 2.15. The van der Waals surface area contributed by atoms with Crippen LogP contribution in [0.4, 0.5) is 11.8 Å². The van der Waals surface area contributed by atoms with Crippen molar-refractivity contribution >= 4 is 11.8 Å². The number of ether oxygens (including phenoxy) is 1. The highest BCUT2D eigenvalue weighted by Crippen LogP contribution is 2.26. The number of unbranched alkanes of at least 4 members (excludes halogenated alkanes) is 1. The molecule has 134 valence electrons. The van der Waals surface area contributed by atoms with Crippen LogP contribution in [0.2, 0.25) is 0 Å². The van der Waals surface area contributed by atoms with E-state index in [4.69, 9.17) is 10.5 Å². The van der Waals surface area contributed by atoms with Crippen LogP contribution < -0.4 is 15.8 Å². The van der Waals surface area contributed by atoms with Crippen molar-refractivity contribution in [3.8, 4) is 5.75 Å². The van der Waals surface area contributed by atoms with E-state index in [0.29, 0.717) is 17.3 Å². The van der Waals surface area contributed by atoms with Gasteiger partial charge in [0.05, 0.1) is 18.5 Å². The van der Waals surface area contributed by atoms with Gasteiger partial charge in [0.1, 0.15) is 6.61 Å². The van der Waals surface area contributed by atoms with E-state index in [-0.39, 0.29) is 25.1 Å². The van der Waals surface area contributed by atoms with E-state index in [1.54, 1.807) is 6.20 Å². The number of nitrogen functional groups attached to an aromatic ring is 1. The molecule has 0 saturated carbocycles. The fourth-order valence-electron chi connectivity index (χ4n) is 2.30. The molecule has 4 N–H and O–H groups in total. The lowest BCUT2D eigenvalue weighted by atomic mass is 10.00. The van der Waals surface area contributed by atoms with Gasteiger partial charge in [-0.2, -0.15) is 4.98 Å². The second kappa shape index (κ2) is 9.58. The van der Waals surface area contributed by atoms with Crippen LogP contribution in [0.25, 0.3) is 0 Å². The Bertz CT molecular complexity index is 678. The third-order valence-corrected chi connectivity index (χ3v) is 3.77. The van der Waals surface area contributed by atoms with E-state index >= 15 is 0 Å². The minimum Gasteiger partial charge on any atom is -0.482 e. The van der Waals surface area contributed by atoms with Crippen molar-refractivity contribution in [1.82, 2.24) is 15.0 Å². The smallest absolute Gasteiger partial charge is 0.222 e. The largest absolute Gasteiger partial charge is 0.482 e. The average Bonchev–Trinajstić information content (AvgIpc) is 2.62. The number of aromatic nitrogens is 3. The van der Waals surface area contributed by atoms with Gasteiger partial charge in [0.25, 0.3) is 0 Å². The molecule has 7 nitrogen and oxygen atoms in total. The molecule has 2 aromatic heterocycles. The predicted octanol–water partition coefficient (Wildman–Crippen LogP) is 2.76. The summed E-state index contributed by atoms with van der Waals surface area (Å²) in [4.78, 5) is 12.4. The normalized spacial score (nSPS) is 11.8. The first-order valence-corrected chi connectivity index (χ1v) is 8.36. The van der Waals surface area contributed by atoms with Crippen LogP contribution in [-0.4, -0.2) is 26.7 Å². The lowest BCUT2D eigenvalue weighted by Crippen LogP contribution is -2.16. The second-order valence-electron chi connectivity index (χ2n) is 5.72. The summed E-state index contributed by atoms with van der Waals surface area (Å²) in [5.41, 5.74) is 7.16. The summed E-state index contributed by atoms with van der Waals surface area (Å²) in [6, 6.07) is 5.61. The molecule has 0 aliphatic carbocycles. The summed E-state index contributed by atoms with van der Waals surface area (Å²) in [7, 11) is 0. The maximum absolute atomic E-state index is 9.58. The molecule has 0 unspecified atom stereocenters. The maximum Gasteiger partial charge on any atom is 0.222 e. The first-order valence-electron chi connectivity index (χ1n) is 8.36. The molecule has 0 saturated heterocycles. The first-order chi connectivity index (χ1) is 12.1. The topological polar surface area (TPSA) is 106 Å². The number of aliphatic hydroxyl groups is 1. The molecule has 0 spiro atoms. The lowest BCUT2D eigenvalue weighted by molar-refractivity contribution is 0.238. The Morgan fingerprint density at radius 2 is 2.24 bits per heavy atom. The molecule has 0 aliphatic heterocycles. The Hall–Kier alpha value is -2.67. The Morgan fingerprint density at radius 3 is 2.92 bits per heavy atom. The number of aliphatic hydroxyl groups excluding tert-OH is 1. The molecule has 2 heterocycles. The van der Waals surface area contributed by atoms with Crippen LogP contribution in [-0.2, 0) is 6.61 Å². The molecule has 0 bridgehead atoms. The van der Waals surface area contributed by atoms with Crippen LogP contribution in [0.1, 0.15) is 31.9 Å². The molecule has 1 atom stereocenters. The van der Waals surface area contributed by atoms with Gasteiger partial charge in [-0.3, -0.25) is 4.98 Å². The molecule has 0 aromatic carbocycles. The number of nitrogens with one attached hydrogen (secondary N) is 1. The van der Waals surface area contributed by atoms with Gasteiger partial charge in [-0.05, 0) is 18.6 Å². The van der Waals surface area contributed by atoms with Crippen LogP contribution in [0, 0.1) is 5.92 Å². The van der Waals surface area contributed by atoms with Crippen LogP contribution in [0.15, 0.2) is 42.9 Å². The van der Waals surface area contributed by atoms with Crippen molar-refractivity contribution in [3.05, 3.63) is 48.6 Å². The van der Waals surface area contributed by atoms with Crippen molar-refractivity contribution in [3.63, 3.8) is 0 Å². The fraction of sp³-hybridized carbons (Fsp3) is 0.389. The molecular weight excluding hydrogens is 318 g/mol. The summed E-state index contributed by atoms with van der Waals surface area (Å²) in [5, 5.41) is 12.7. The number of rotatable bonds is 10. The monoisotopic (exact) mass is 343 g/mol. The SMILES string of the molecule is C=C(Nc1nc(N)ncc1OCc1ccccn1)[C@H](CO)CCCC. The first kappa shape index (κ1) is 18.7. The van der Waals surface area contributed by atoms with Gasteiger partial charge < -0.3 is 20.9 Å². The van der Waals surface area contributed by atoms with Gasteiger partial charge in [0.15, 0.2) is 11.6 Å². The van der Waals surface area contributed by atoms with E-state index in [0.717, 1.165) is 25.0 Å². The van der Waals surface area contributed by atoms with Crippen LogP contribution in [0.5, 0.6) is 5.75 Å². The summed E-state index contributed by atoms with van der Waals surface area (Å²) in [5.74, 6) is 0.964. The van der Waals surface area contributed by atoms with Gasteiger partial charge in [0, 0.05) is 17.8 Å². The number of nitrogens with zero attached hydrogens (tertiary/aromatic N) is 3. The van der Waals surface area contributed by atoms with Crippen molar-refractivity contribution in [1.29, 1.82) is 0 Å². The number of hydrogen-bond donors (Lipinski definition) is 3. The molecule has 0 amide bonds. The molecule has 25 heavy (non-hydrogen) atoms. The van der Waals surface area contributed by atoms with E-state index in [9.17, 15) is 5.11 Å². The van der Waals surface area contributed by atoms with Gasteiger partial charge in [-0.15, -0.1) is 0 Å². The molecular formula is C18H25N5O2. The zero-order valence-electron chi connectivity index (χ0n) is 14.5. The van der Waals surface area contributed by atoms with Crippen molar-refractivity contribution in [2.24, 2.45) is 5.92 Å². The number of pyridine rings is 1. The second-order valence-corrected chi connectivity index (χ2v) is 5.72. The zero-order valence-corrected chi connectivity index (χ0v) is 14.5. The molecule has 2 rings (SSSR count). The van der Waals surface area contributed by atoms with Gasteiger partial charge in [0.2, 0.25) is 5.95 Å². The minimum atomic E-state index is -0.0558. The lowest BCUT2D eigenvalue weighted by Gasteiger charge is -2.19. The Morgan fingerprint density at radius 1 is 1.40 bits per heavy atom. The summed E-state index contributed by atoms with van der Waals surface area (Å²) in [6.45, 7) is 6.44. The van der Waals surface area contributed by atoms with Gasteiger partial charge >= 0.3 is 0 Å². The van der Waals surface area contributed by atoms with E-state index in [1.807, 2.05) is 18.2 Å². The van der Waals surface area contributed by atoms with E-state index < -0.39 is 0 Å². The Labute approximate surface area is 148 Å². The highest BCUT2D eigenvalue weighted by molar-refractivity contribution is 5.54. The quantitative estimate of drug-likeness (QED) is 0.609. The van der Waals surface area contributed by atoms with Gasteiger partial charge in [-0.25, -0.2) is 4.98 Å². The average molecular weight is 343 g/mol. The third kappa shape index (κ3) is 5.72. The van der Waals surface area contributed by atoms with E-state index in [1.165, 1.54) is 6.20 Å². The minimum absolute atomic E-state index is 0.0243. The number of nitrogens with two attached hydrogens (primary N) is 1. The van der Waals surface area contributed by atoms with Crippen LogP contribution >= 0.6 is 0 Å². The summed E-state index contributed by atoms with van der Waals surface area (Å²) in [6.07, 6.45) is 6.15. The van der Waals surface area contributed by atoms with Gasteiger partial charge in [-0.1, -0.05) is 32.4 Å². The summed E-state index contributed by atoms with van der Waals surface area (Å²) < 4.78 is 5.76.